The highest BCUT2D eigenvalue weighted by molar-refractivity contribution is 6.31. The summed E-state index contributed by atoms with van der Waals surface area (Å²) in [5, 5.41) is 3.19. The van der Waals surface area contributed by atoms with E-state index in [4.69, 9.17) is 11.6 Å². The second kappa shape index (κ2) is 7.50. The van der Waals surface area contributed by atoms with Gasteiger partial charge < -0.3 is 4.57 Å². The Bertz CT molecular complexity index is 2080. The van der Waals surface area contributed by atoms with Crippen LogP contribution in [0.4, 0.5) is 0 Å². The van der Waals surface area contributed by atoms with Crippen LogP contribution in [0.15, 0.2) is 133 Å². The molecule has 2 aliphatic rings. The van der Waals surface area contributed by atoms with Crippen molar-refractivity contribution < 1.29 is 0 Å². The first kappa shape index (κ1) is 21.4. The maximum atomic E-state index is 6.56. The minimum absolute atomic E-state index is 0.356. The summed E-state index contributed by atoms with van der Waals surface area (Å²) >= 11 is 6.56. The molecule has 0 saturated heterocycles. The van der Waals surface area contributed by atoms with Crippen LogP contribution >= 0.6 is 11.6 Å². The Kier molecular flexibility index (Phi) is 4.11. The molecule has 1 spiro atoms. The highest BCUT2D eigenvalue weighted by Gasteiger charge is 2.51. The van der Waals surface area contributed by atoms with Gasteiger partial charge >= 0.3 is 0 Å². The Morgan fingerprint density at radius 3 is 1.64 bits per heavy atom. The quantitative estimate of drug-likeness (QED) is 0.205. The minimum Gasteiger partial charge on any atom is -0.309 e. The smallest absolute Gasteiger partial charge is 0.0726 e. The molecule has 0 atom stereocenters. The number of benzene rings is 6. The van der Waals surface area contributed by atoms with Gasteiger partial charge in [-0.15, -0.1) is 0 Å². The lowest BCUT2D eigenvalue weighted by atomic mass is 9.70. The second-order valence-corrected chi connectivity index (χ2v) is 11.1. The topological polar surface area (TPSA) is 4.93 Å². The van der Waals surface area contributed by atoms with Crippen LogP contribution < -0.4 is 0 Å². The Labute approximate surface area is 231 Å². The highest BCUT2D eigenvalue weighted by atomic mass is 35.5. The maximum absolute atomic E-state index is 6.56. The van der Waals surface area contributed by atoms with Crippen molar-refractivity contribution in [3.63, 3.8) is 0 Å². The third kappa shape index (κ3) is 2.56. The molecular weight excluding hydrogens is 494 g/mol. The van der Waals surface area contributed by atoms with E-state index in [1.807, 2.05) is 6.07 Å². The van der Waals surface area contributed by atoms with Gasteiger partial charge in [-0.3, -0.25) is 0 Å². The molecule has 0 fully saturated rings. The molecule has 0 radical (unpaired) electrons. The first-order valence-corrected chi connectivity index (χ1v) is 13.8. The minimum atomic E-state index is -0.356. The van der Waals surface area contributed by atoms with Gasteiger partial charge in [-0.2, -0.15) is 0 Å². The van der Waals surface area contributed by atoms with E-state index in [2.05, 4.69) is 132 Å². The molecule has 2 heteroatoms. The third-order valence-electron chi connectivity index (χ3n) is 8.87. The number of hydrogen-bond acceptors (Lipinski definition) is 0. The van der Waals surface area contributed by atoms with Crippen LogP contribution in [-0.2, 0) is 5.41 Å². The predicted octanol–water partition coefficient (Wildman–Crippen LogP) is 9.78. The molecule has 2 aliphatic carbocycles. The van der Waals surface area contributed by atoms with E-state index < -0.39 is 0 Å². The fraction of sp³-hybridized carbons (Fsp3) is 0.0270. The second-order valence-electron chi connectivity index (χ2n) is 10.6. The van der Waals surface area contributed by atoms with Gasteiger partial charge in [0.15, 0.2) is 0 Å². The largest absolute Gasteiger partial charge is 0.309 e. The van der Waals surface area contributed by atoms with Gasteiger partial charge in [0.2, 0.25) is 0 Å². The first-order valence-electron chi connectivity index (χ1n) is 13.4. The van der Waals surface area contributed by atoms with E-state index in [0.29, 0.717) is 0 Å². The Hall–Kier alpha value is -4.59. The summed E-state index contributed by atoms with van der Waals surface area (Å²) in [6.07, 6.45) is 0. The normalized spacial score (nSPS) is 14.0. The zero-order valence-electron chi connectivity index (χ0n) is 21.0. The third-order valence-corrected chi connectivity index (χ3v) is 9.11. The molecule has 182 valence electrons. The first-order chi connectivity index (χ1) is 19.3. The molecule has 1 nitrogen and oxygen atoms in total. The van der Waals surface area contributed by atoms with E-state index >= 15 is 0 Å². The van der Waals surface area contributed by atoms with Gasteiger partial charge in [0.05, 0.1) is 16.4 Å². The molecule has 0 N–H and O–H groups in total. The van der Waals surface area contributed by atoms with E-state index in [0.717, 1.165) is 16.2 Å². The van der Waals surface area contributed by atoms with Gasteiger partial charge in [-0.1, -0.05) is 115 Å². The van der Waals surface area contributed by atoms with Crippen LogP contribution in [0.25, 0.3) is 49.7 Å². The molecule has 0 unspecified atom stereocenters. The monoisotopic (exact) mass is 515 g/mol. The number of para-hydroxylation sites is 1. The standard InChI is InChI=1S/C37H22ClN/c38-23-17-19-30-29-12-4-8-16-35(29)39(36(30)21-23)24-18-20-28-27-11-3-7-15-33(27)37(34(28)22-24)31-13-5-1-9-25(31)26-10-2-6-14-32(26)37/h1-22H. The zero-order valence-corrected chi connectivity index (χ0v) is 21.8. The lowest BCUT2D eigenvalue weighted by molar-refractivity contribution is 0.792. The van der Waals surface area contributed by atoms with Crippen molar-refractivity contribution in [3.8, 4) is 27.9 Å². The van der Waals surface area contributed by atoms with Gasteiger partial charge in [0.1, 0.15) is 0 Å². The van der Waals surface area contributed by atoms with Crippen molar-refractivity contribution in [2.75, 3.05) is 0 Å². The number of fused-ring (bicyclic) bond motifs is 13. The van der Waals surface area contributed by atoms with Gasteiger partial charge in [-0.25, -0.2) is 0 Å². The lowest BCUT2D eigenvalue weighted by Gasteiger charge is -2.30. The van der Waals surface area contributed by atoms with E-state index in [-0.39, 0.29) is 5.41 Å². The molecule has 0 amide bonds. The molecule has 0 aliphatic heterocycles. The molecule has 9 rings (SSSR count). The maximum Gasteiger partial charge on any atom is 0.0726 e. The predicted molar refractivity (Wildman–Crippen MR) is 162 cm³/mol. The summed E-state index contributed by atoms with van der Waals surface area (Å²) in [4.78, 5) is 0. The van der Waals surface area contributed by atoms with Crippen molar-refractivity contribution >= 4 is 33.4 Å². The number of nitrogens with zero attached hydrogens (tertiary/aromatic N) is 1. The zero-order chi connectivity index (χ0) is 25.7. The van der Waals surface area contributed by atoms with E-state index in [9.17, 15) is 0 Å². The Balaban J connectivity index is 1.43. The summed E-state index contributed by atoms with van der Waals surface area (Å²) in [5.74, 6) is 0. The number of halogens is 1. The van der Waals surface area contributed by atoms with Crippen LogP contribution in [-0.4, -0.2) is 4.57 Å². The Morgan fingerprint density at radius 2 is 0.974 bits per heavy atom. The SMILES string of the molecule is Clc1ccc2c3ccccc3n(-c3ccc4c(c3)C3(c5ccccc5-c5ccccc53)c3ccccc3-4)c2c1. The van der Waals surface area contributed by atoms with Gasteiger partial charge in [0, 0.05) is 21.5 Å². The molecule has 6 aromatic carbocycles. The van der Waals surface area contributed by atoms with E-state index in [1.165, 1.54) is 60.8 Å². The molecular formula is C37H22ClN. The highest BCUT2D eigenvalue weighted by Crippen LogP contribution is 2.62. The van der Waals surface area contributed by atoms with Crippen LogP contribution in [0.1, 0.15) is 22.3 Å². The van der Waals surface area contributed by atoms with Crippen molar-refractivity contribution in [2.24, 2.45) is 0 Å². The van der Waals surface area contributed by atoms with Crippen LogP contribution in [0, 0.1) is 0 Å². The number of rotatable bonds is 1. The molecule has 0 saturated carbocycles. The van der Waals surface area contributed by atoms with Crippen molar-refractivity contribution in [1.82, 2.24) is 4.57 Å². The van der Waals surface area contributed by atoms with E-state index in [1.54, 1.807) is 0 Å². The molecule has 7 aromatic rings. The van der Waals surface area contributed by atoms with Crippen LogP contribution in [0.5, 0.6) is 0 Å². The molecule has 1 heterocycles. The van der Waals surface area contributed by atoms with Gasteiger partial charge in [0.25, 0.3) is 0 Å². The molecule has 1 aromatic heterocycles. The Morgan fingerprint density at radius 1 is 0.436 bits per heavy atom. The summed E-state index contributed by atoms with van der Waals surface area (Å²) < 4.78 is 2.38. The van der Waals surface area contributed by atoms with Crippen molar-refractivity contribution in [1.29, 1.82) is 0 Å². The summed E-state index contributed by atoms with van der Waals surface area (Å²) in [6, 6.07) is 48.8. The van der Waals surface area contributed by atoms with Gasteiger partial charge in [-0.05, 0) is 74.8 Å². The average Bonchev–Trinajstić information content (AvgIpc) is 3.58. The van der Waals surface area contributed by atoms with Crippen molar-refractivity contribution in [2.45, 2.75) is 5.41 Å². The average molecular weight is 516 g/mol. The number of hydrogen-bond donors (Lipinski definition) is 0. The van der Waals surface area contributed by atoms with Crippen LogP contribution in [0.3, 0.4) is 0 Å². The summed E-state index contributed by atoms with van der Waals surface area (Å²) in [6.45, 7) is 0. The summed E-state index contributed by atoms with van der Waals surface area (Å²) in [5.41, 5.74) is 13.8. The van der Waals surface area contributed by atoms with Crippen LogP contribution in [0.2, 0.25) is 5.02 Å². The van der Waals surface area contributed by atoms with Crippen molar-refractivity contribution in [3.05, 3.63) is 161 Å². The lowest BCUT2D eigenvalue weighted by Crippen LogP contribution is -2.26. The molecule has 39 heavy (non-hydrogen) atoms. The number of aromatic nitrogens is 1. The molecule has 0 bridgehead atoms. The fourth-order valence-electron chi connectivity index (χ4n) is 7.44. The summed E-state index contributed by atoms with van der Waals surface area (Å²) in [7, 11) is 0. The fourth-order valence-corrected chi connectivity index (χ4v) is 7.61.